The highest BCUT2D eigenvalue weighted by Crippen LogP contribution is 2.24. The maximum Gasteiger partial charge on any atom is 0.186 e. The van der Waals surface area contributed by atoms with Gasteiger partial charge in [0.15, 0.2) is 16.6 Å². The smallest absolute Gasteiger partial charge is 0.186 e. The minimum absolute atomic E-state index is 0.0181. The summed E-state index contributed by atoms with van der Waals surface area (Å²) in [5.41, 5.74) is 2.42. The standard InChI is InChI=1S/C12H12ClFN4O3S/c13-8-6-7(2-3-9(8)14)15-11(16-20)10-12(18-21-17-10)22-5-1-4-19/h2-3,6,19-20H,1,4-5H2,(H,15,16). The predicted molar refractivity (Wildman–Crippen MR) is 79.3 cm³/mol. The molecule has 0 aliphatic rings. The summed E-state index contributed by atoms with van der Waals surface area (Å²) in [5, 5.41) is 25.7. The largest absolute Gasteiger partial charge is 0.396 e. The number of aromatic nitrogens is 2. The lowest BCUT2D eigenvalue weighted by Gasteiger charge is -2.03. The zero-order valence-corrected chi connectivity index (χ0v) is 12.7. The molecule has 0 bridgehead atoms. The molecule has 0 aliphatic heterocycles. The van der Waals surface area contributed by atoms with Crippen molar-refractivity contribution in [2.24, 2.45) is 4.99 Å². The van der Waals surface area contributed by atoms with Crippen molar-refractivity contribution in [1.29, 1.82) is 0 Å². The van der Waals surface area contributed by atoms with Gasteiger partial charge in [0.05, 0.1) is 10.7 Å². The van der Waals surface area contributed by atoms with Crippen LogP contribution in [0.5, 0.6) is 0 Å². The van der Waals surface area contributed by atoms with Gasteiger partial charge in [0.1, 0.15) is 5.82 Å². The Morgan fingerprint density at radius 2 is 2.27 bits per heavy atom. The fraction of sp³-hybridized carbons (Fsp3) is 0.250. The molecule has 0 saturated carbocycles. The van der Waals surface area contributed by atoms with Crippen molar-refractivity contribution in [3.8, 4) is 0 Å². The summed E-state index contributed by atoms with van der Waals surface area (Å²) < 4.78 is 17.8. The Balaban J connectivity index is 2.25. The summed E-state index contributed by atoms with van der Waals surface area (Å²) in [7, 11) is 0. The van der Waals surface area contributed by atoms with E-state index in [4.69, 9.17) is 16.7 Å². The van der Waals surface area contributed by atoms with Gasteiger partial charge in [0.2, 0.25) is 0 Å². The Bertz CT molecular complexity index is 668. The van der Waals surface area contributed by atoms with E-state index < -0.39 is 5.82 Å². The van der Waals surface area contributed by atoms with Gasteiger partial charge in [-0.2, -0.15) is 0 Å². The van der Waals surface area contributed by atoms with Gasteiger partial charge in [0, 0.05) is 12.4 Å². The van der Waals surface area contributed by atoms with Crippen LogP contribution in [0, 0.1) is 5.82 Å². The molecule has 0 aliphatic carbocycles. The summed E-state index contributed by atoms with van der Waals surface area (Å²) in [5.74, 6) is 0.0108. The van der Waals surface area contributed by atoms with Crippen LogP contribution in [0.1, 0.15) is 12.1 Å². The third kappa shape index (κ3) is 4.17. The van der Waals surface area contributed by atoms with E-state index in [0.29, 0.717) is 22.9 Å². The summed E-state index contributed by atoms with van der Waals surface area (Å²) in [6.45, 7) is 0.0564. The molecule has 0 fully saturated rings. The van der Waals surface area contributed by atoms with Crippen LogP contribution in [0.25, 0.3) is 0 Å². The first-order chi connectivity index (χ1) is 10.7. The van der Waals surface area contributed by atoms with Gasteiger partial charge in [-0.25, -0.2) is 14.0 Å². The number of aliphatic hydroxyl groups is 1. The van der Waals surface area contributed by atoms with E-state index in [1.807, 2.05) is 5.48 Å². The monoisotopic (exact) mass is 346 g/mol. The number of benzene rings is 1. The van der Waals surface area contributed by atoms with Gasteiger partial charge in [-0.1, -0.05) is 11.6 Å². The Hall–Kier alpha value is -1.68. The zero-order chi connectivity index (χ0) is 15.9. The average molecular weight is 347 g/mol. The highest BCUT2D eigenvalue weighted by atomic mass is 35.5. The van der Waals surface area contributed by atoms with Crippen LogP contribution in [0.15, 0.2) is 32.8 Å². The van der Waals surface area contributed by atoms with Crippen LogP contribution in [-0.2, 0) is 0 Å². The predicted octanol–water partition coefficient (Wildman–Crippen LogP) is 2.39. The molecule has 1 heterocycles. The number of aliphatic hydroxyl groups excluding tert-OH is 1. The Labute approximate surface area is 134 Å². The molecule has 118 valence electrons. The van der Waals surface area contributed by atoms with Crippen molar-refractivity contribution >= 4 is 34.9 Å². The third-order valence-corrected chi connectivity index (χ3v) is 3.80. The van der Waals surface area contributed by atoms with E-state index in [9.17, 15) is 9.60 Å². The first-order valence-corrected chi connectivity index (χ1v) is 7.52. The minimum Gasteiger partial charge on any atom is -0.396 e. The number of nitrogens with zero attached hydrogens (tertiary/aromatic N) is 3. The van der Waals surface area contributed by atoms with Crippen LogP contribution < -0.4 is 5.48 Å². The molecule has 1 aromatic carbocycles. The summed E-state index contributed by atoms with van der Waals surface area (Å²) in [6, 6.07) is 3.86. The second-order valence-corrected chi connectivity index (χ2v) is 5.51. The first-order valence-electron chi connectivity index (χ1n) is 6.16. The summed E-state index contributed by atoms with van der Waals surface area (Å²) in [4.78, 5) is 4.09. The Morgan fingerprint density at radius 3 is 2.95 bits per heavy atom. The minimum atomic E-state index is -0.567. The van der Waals surface area contributed by atoms with Gasteiger partial charge in [-0.3, -0.25) is 10.7 Å². The molecule has 0 atom stereocenters. The van der Waals surface area contributed by atoms with E-state index in [1.165, 1.54) is 23.9 Å². The lowest BCUT2D eigenvalue weighted by Crippen LogP contribution is -2.21. The Morgan fingerprint density at radius 1 is 1.45 bits per heavy atom. The highest BCUT2D eigenvalue weighted by molar-refractivity contribution is 7.99. The van der Waals surface area contributed by atoms with E-state index in [0.717, 1.165) is 6.07 Å². The van der Waals surface area contributed by atoms with Crippen molar-refractivity contribution in [3.05, 3.63) is 34.7 Å². The van der Waals surface area contributed by atoms with E-state index >= 15 is 0 Å². The number of hydrogen-bond donors (Lipinski definition) is 3. The number of rotatable bonds is 6. The average Bonchev–Trinajstić information content (AvgIpc) is 2.97. The second kappa shape index (κ2) is 8.08. The van der Waals surface area contributed by atoms with Gasteiger partial charge >= 0.3 is 0 Å². The van der Waals surface area contributed by atoms with E-state index in [1.54, 1.807) is 0 Å². The van der Waals surface area contributed by atoms with Gasteiger partial charge in [-0.05, 0) is 34.9 Å². The molecule has 7 nitrogen and oxygen atoms in total. The fourth-order valence-electron chi connectivity index (χ4n) is 1.47. The number of amidine groups is 1. The molecule has 0 radical (unpaired) electrons. The number of nitrogens with one attached hydrogen (secondary N) is 1. The molecule has 0 unspecified atom stereocenters. The number of aliphatic imine (C=N–C) groups is 1. The van der Waals surface area contributed by atoms with Gasteiger partial charge in [-0.15, -0.1) is 11.8 Å². The normalized spacial score (nSPS) is 11.7. The quantitative estimate of drug-likeness (QED) is 0.242. The highest BCUT2D eigenvalue weighted by Gasteiger charge is 2.17. The maximum atomic E-state index is 13.1. The lowest BCUT2D eigenvalue weighted by atomic mass is 10.3. The van der Waals surface area contributed by atoms with Crippen molar-refractivity contribution in [2.45, 2.75) is 11.4 Å². The third-order valence-electron chi connectivity index (χ3n) is 2.47. The molecule has 1 aromatic heterocycles. The summed E-state index contributed by atoms with van der Waals surface area (Å²) >= 11 is 6.97. The molecule has 2 aromatic rings. The number of hydroxylamine groups is 1. The van der Waals surface area contributed by atoms with E-state index in [2.05, 4.69) is 19.9 Å². The molecule has 0 spiro atoms. The Kier molecular flexibility index (Phi) is 6.13. The molecule has 22 heavy (non-hydrogen) atoms. The molecule has 3 N–H and O–H groups in total. The SMILES string of the molecule is OCCCSc1nonc1C(=Nc1ccc(F)c(Cl)c1)NO. The zero-order valence-electron chi connectivity index (χ0n) is 11.2. The van der Waals surface area contributed by atoms with Crippen LogP contribution >= 0.6 is 23.4 Å². The molecular formula is C12H12ClFN4O3S. The lowest BCUT2D eigenvalue weighted by molar-refractivity contribution is 0.234. The topological polar surface area (TPSA) is 104 Å². The van der Waals surface area contributed by atoms with Gasteiger partial charge in [0.25, 0.3) is 0 Å². The van der Waals surface area contributed by atoms with Crippen molar-refractivity contribution in [3.63, 3.8) is 0 Å². The van der Waals surface area contributed by atoms with Crippen molar-refractivity contribution in [2.75, 3.05) is 12.4 Å². The van der Waals surface area contributed by atoms with E-state index in [-0.39, 0.29) is 23.2 Å². The van der Waals surface area contributed by atoms with Crippen molar-refractivity contribution in [1.82, 2.24) is 15.8 Å². The molecule has 0 saturated heterocycles. The maximum absolute atomic E-state index is 13.1. The van der Waals surface area contributed by atoms with Crippen LogP contribution in [0.2, 0.25) is 5.02 Å². The second-order valence-electron chi connectivity index (χ2n) is 4.01. The van der Waals surface area contributed by atoms with Gasteiger partial charge < -0.3 is 5.11 Å². The first kappa shape index (κ1) is 16.7. The summed E-state index contributed by atoms with van der Waals surface area (Å²) in [6.07, 6.45) is 0.573. The van der Waals surface area contributed by atoms with Crippen LogP contribution in [-0.4, -0.2) is 38.8 Å². The molecule has 0 amide bonds. The number of thioether (sulfide) groups is 1. The number of hydrogen-bond acceptors (Lipinski definition) is 7. The van der Waals surface area contributed by atoms with Crippen LogP contribution in [0.3, 0.4) is 0 Å². The molecule has 10 heteroatoms. The number of halogens is 2. The molecular weight excluding hydrogens is 335 g/mol. The molecule has 2 rings (SSSR count). The van der Waals surface area contributed by atoms with Crippen LogP contribution in [0.4, 0.5) is 10.1 Å². The fourth-order valence-corrected chi connectivity index (χ4v) is 2.47. The van der Waals surface area contributed by atoms with Crippen molar-refractivity contribution < 1.29 is 19.3 Å².